The van der Waals surface area contributed by atoms with Crippen molar-refractivity contribution in [2.75, 3.05) is 13.7 Å². The van der Waals surface area contributed by atoms with E-state index in [1.165, 1.54) is 13.2 Å². The van der Waals surface area contributed by atoms with Gasteiger partial charge in [-0.25, -0.2) is 4.39 Å². The average Bonchev–Trinajstić information content (AvgIpc) is 2.70. The fourth-order valence-electron chi connectivity index (χ4n) is 2.36. The quantitative estimate of drug-likeness (QED) is 0.862. The lowest BCUT2D eigenvalue weighted by molar-refractivity contribution is 0.0925. The van der Waals surface area contributed by atoms with Gasteiger partial charge in [-0.2, -0.15) is 0 Å². The molecule has 0 fully saturated rings. The zero-order valence-electron chi connectivity index (χ0n) is 9.59. The molecule has 0 unspecified atom stereocenters. The van der Waals surface area contributed by atoms with E-state index >= 15 is 0 Å². The van der Waals surface area contributed by atoms with E-state index in [4.69, 9.17) is 16.3 Å². The number of amides is 1. The molecule has 1 aliphatic heterocycles. The van der Waals surface area contributed by atoms with Gasteiger partial charge in [0, 0.05) is 13.1 Å². The van der Waals surface area contributed by atoms with Crippen LogP contribution in [0.3, 0.4) is 0 Å². The summed E-state index contributed by atoms with van der Waals surface area (Å²) in [6.07, 6.45) is 0. The van der Waals surface area contributed by atoms with Gasteiger partial charge >= 0.3 is 0 Å². The molecule has 6 heteroatoms. The molecular weight excluding hydrogens is 259 g/mol. The molecule has 0 saturated heterocycles. The number of hydrogen-bond acceptors (Lipinski definition) is 2. The Bertz CT molecular complexity index is 666. The van der Waals surface area contributed by atoms with E-state index in [2.05, 4.69) is 5.32 Å². The maximum atomic E-state index is 13.5. The van der Waals surface area contributed by atoms with Crippen LogP contribution in [0.4, 0.5) is 4.39 Å². The Labute approximate surface area is 107 Å². The maximum Gasteiger partial charge on any atom is 0.271 e. The Balaban J connectivity index is 2.48. The number of halogens is 2. The van der Waals surface area contributed by atoms with Crippen LogP contribution in [0.5, 0.6) is 5.75 Å². The minimum Gasteiger partial charge on any atom is -0.494 e. The van der Waals surface area contributed by atoms with E-state index < -0.39 is 5.82 Å². The monoisotopic (exact) mass is 268 g/mol. The second-order valence-electron chi connectivity index (χ2n) is 4.04. The molecule has 0 aliphatic carbocycles. The van der Waals surface area contributed by atoms with Gasteiger partial charge in [-0.3, -0.25) is 4.79 Å². The molecule has 1 amide bonds. The number of methoxy groups -OCH3 is 1. The van der Waals surface area contributed by atoms with Crippen LogP contribution in [0.1, 0.15) is 10.5 Å². The summed E-state index contributed by atoms with van der Waals surface area (Å²) >= 11 is 5.98. The first-order valence-corrected chi connectivity index (χ1v) is 5.85. The second-order valence-corrected chi connectivity index (χ2v) is 4.42. The van der Waals surface area contributed by atoms with E-state index in [1.807, 2.05) is 0 Å². The van der Waals surface area contributed by atoms with E-state index in [-0.39, 0.29) is 10.9 Å². The lowest BCUT2D eigenvalue weighted by Gasteiger charge is -2.17. The zero-order chi connectivity index (χ0) is 12.9. The summed E-state index contributed by atoms with van der Waals surface area (Å²) in [5, 5.41) is 3.17. The molecule has 0 radical (unpaired) electrons. The highest BCUT2D eigenvalue weighted by atomic mass is 35.5. The van der Waals surface area contributed by atoms with Crippen molar-refractivity contribution >= 4 is 28.4 Å². The van der Waals surface area contributed by atoms with Crippen LogP contribution < -0.4 is 10.1 Å². The van der Waals surface area contributed by atoms with Gasteiger partial charge in [-0.15, -0.1) is 0 Å². The predicted octanol–water partition coefficient (Wildman–Crippen LogP) is 2.19. The lowest BCUT2D eigenvalue weighted by Crippen LogP contribution is -2.35. The van der Waals surface area contributed by atoms with E-state index in [1.54, 1.807) is 10.6 Å². The molecule has 1 aromatic carbocycles. The van der Waals surface area contributed by atoms with Gasteiger partial charge in [0.2, 0.25) is 0 Å². The van der Waals surface area contributed by atoms with Crippen LogP contribution in [0.25, 0.3) is 10.9 Å². The third-order valence-electron chi connectivity index (χ3n) is 3.12. The first-order valence-electron chi connectivity index (χ1n) is 5.47. The fraction of sp³-hybridized carbons (Fsp3) is 0.250. The first-order chi connectivity index (χ1) is 8.65. The Kier molecular flexibility index (Phi) is 2.45. The SMILES string of the molecule is COc1c2n(c3ccc(F)c(Cl)c13)CCNC2=O. The minimum absolute atomic E-state index is 0.0148. The maximum absolute atomic E-state index is 13.5. The standard InChI is InChI=1S/C12H10ClFN2O2/c1-18-11-8-7(3-2-6(14)9(8)13)16-5-4-15-12(17)10(11)16/h2-3H,4-5H2,1H3,(H,15,17). The van der Waals surface area contributed by atoms with Gasteiger partial charge < -0.3 is 14.6 Å². The normalized spacial score (nSPS) is 14.5. The number of carbonyl (C=O) groups excluding carboxylic acids is 1. The number of ether oxygens (including phenoxy) is 1. The number of nitrogens with zero attached hydrogens (tertiary/aromatic N) is 1. The number of rotatable bonds is 1. The Morgan fingerprint density at radius 1 is 1.50 bits per heavy atom. The molecule has 94 valence electrons. The Hall–Kier alpha value is -1.75. The molecule has 18 heavy (non-hydrogen) atoms. The number of benzene rings is 1. The van der Waals surface area contributed by atoms with Crippen molar-refractivity contribution in [3.63, 3.8) is 0 Å². The highest BCUT2D eigenvalue weighted by Crippen LogP contribution is 2.39. The van der Waals surface area contributed by atoms with Gasteiger partial charge in [0.1, 0.15) is 5.82 Å². The summed E-state index contributed by atoms with van der Waals surface area (Å²) in [4.78, 5) is 11.9. The number of hydrogen-bond donors (Lipinski definition) is 1. The summed E-state index contributed by atoms with van der Waals surface area (Å²) in [6, 6.07) is 2.91. The van der Waals surface area contributed by atoms with Crippen molar-refractivity contribution in [1.82, 2.24) is 9.88 Å². The molecule has 1 aliphatic rings. The molecular formula is C12H10ClFN2O2. The highest BCUT2D eigenvalue weighted by Gasteiger charge is 2.28. The van der Waals surface area contributed by atoms with Crippen LogP contribution in [-0.2, 0) is 6.54 Å². The second kappa shape index (κ2) is 3.88. The summed E-state index contributed by atoms with van der Waals surface area (Å²) in [5.41, 5.74) is 1.11. The molecule has 0 atom stereocenters. The molecule has 2 aromatic rings. The van der Waals surface area contributed by atoms with Gasteiger partial charge in [0.05, 0.1) is 23.0 Å². The van der Waals surface area contributed by atoms with E-state index in [0.29, 0.717) is 35.4 Å². The Morgan fingerprint density at radius 2 is 2.28 bits per heavy atom. The van der Waals surface area contributed by atoms with Crippen LogP contribution in [-0.4, -0.2) is 24.1 Å². The van der Waals surface area contributed by atoms with Crippen molar-refractivity contribution in [3.05, 3.63) is 28.7 Å². The molecule has 4 nitrogen and oxygen atoms in total. The predicted molar refractivity (Wildman–Crippen MR) is 65.8 cm³/mol. The number of nitrogens with one attached hydrogen (secondary N) is 1. The van der Waals surface area contributed by atoms with Gasteiger partial charge in [-0.05, 0) is 12.1 Å². The summed E-state index contributed by atoms with van der Waals surface area (Å²) in [6.45, 7) is 1.15. The van der Waals surface area contributed by atoms with Crippen molar-refractivity contribution in [3.8, 4) is 5.75 Å². The minimum atomic E-state index is -0.522. The summed E-state index contributed by atoms with van der Waals surface area (Å²) in [5.74, 6) is -0.428. The average molecular weight is 269 g/mol. The van der Waals surface area contributed by atoms with Crippen molar-refractivity contribution in [2.24, 2.45) is 0 Å². The molecule has 1 aromatic heterocycles. The number of carbonyl (C=O) groups is 1. The van der Waals surface area contributed by atoms with Crippen molar-refractivity contribution in [1.29, 1.82) is 0 Å². The van der Waals surface area contributed by atoms with Crippen molar-refractivity contribution < 1.29 is 13.9 Å². The fourth-order valence-corrected chi connectivity index (χ4v) is 2.61. The van der Waals surface area contributed by atoms with E-state index in [0.717, 1.165) is 0 Å². The number of fused-ring (bicyclic) bond motifs is 3. The molecule has 0 saturated carbocycles. The summed E-state index contributed by atoms with van der Waals surface area (Å²) in [7, 11) is 1.44. The van der Waals surface area contributed by atoms with Crippen LogP contribution in [0, 0.1) is 5.82 Å². The Morgan fingerprint density at radius 3 is 3.00 bits per heavy atom. The molecule has 2 heterocycles. The highest BCUT2D eigenvalue weighted by molar-refractivity contribution is 6.36. The van der Waals surface area contributed by atoms with Crippen LogP contribution in [0.2, 0.25) is 5.02 Å². The molecule has 0 spiro atoms. The molecule has 0 bridgehead atoms. The van der Waals surface area contributed by atoms with Crippen LogP contribution in [0.15, 0.2) is 12.1 Å². The molecule has 3 rings (SSSR count). The van der Waals surface area contributed by atoms with Gasteiger partial charge in [0.25, 0.3) is 5.91 Å². The third kappa shape index (κ3) is 1.34. The first kappa shape index (κ1) is 11.3. The smallest absolute Gasteiger partial charge is 0.271 e. The van der Waals surface area contributed by atoms with Gasteiger partial charge in [-0.1, -0.05) is 11.6 Å². The van der Waals surface area contributed by atoms with Crippen molar-refractivity contribution in [2.45, 2.75) is 6.54 Å². The zero-order valence-corrected chi connectivity index (χ0v) is 10.3. The lowest BCUT2D eigenvalue weighted by atomic mass is 10.2. The summed E-state index contributed by atoms with van der Waals surface area (Å²) < 4.78 is 20.6. The van der Waals surface area contributed by atoms with Gasteiger partial charge in [0.15, 0.2) is 11.4 Å². The number of aromatic nitrogens is 1. The molecule has 1 N–H and O–H groups in total. The topological polar surface area (TPSA) is 43.3 Å². The largest absolute Gasteiger partial charge is 0.494 e. The van der Waals surface area contributed by atoms with E-state index in [9.17, 15) is 9.18 Å². The third-order valence-corrected chi connectivity index (χ3v) is 3.49. The van der Waals surface area contributed by atoms with Crippen LogP contribution >= 0.6 is 11.6 Å².